The number of hydrogen-bond acceptors (Lipinski definition) is 2. The third-order valence-electron chi connectivity index (χ3n) is 4.99. The van der Waals surface area contributed by atoms with E-state index in [1.165, 1.54) is 0 Å². The van der Waals surface area contributed by atoms with Gasteiger partial charge in [-0.2, -0.15) is 13.2 Å². The van der Waals surface area contributed by atoms with Gasteiger partial charge in [0.05, 0.1) is 5.92 Å². The molecule has 0 bridgehead atoms. The van der Waals surface area contributed by atoms with Crippen LogP contribution in [0.3, 0.4) is 0 Å². The highest BCUT2D eigenvalue weighted by molar-refractivity contribution is 5.79. The molecule has 2 N–H and O–H groups in total. The molecule has 0 heterocycles. The molecule has 6 heteroatoms. The monoisotopic (exact) mass is 307 g/mol. The van der Waals surface area contributed by atoms with E-state index in [4.69, 9.17) is 0 Å². The van der Waals surface area contributed by atoms with Crippen LogP contribution in [0, 0.1) is 17.8 Å². The van der Waals surface area contributed by atoms with E-state index in [0.29, 0.717) is 19.3 Å². The molecule has 2 rings (SSSR count). The Morgan fingerprint density at radius 1 is 1.05 bits per heavy atom. The van der Waals surface area contributed by atoms with E-state index in [9.17, 15) is 23.1 Å². The van der Waals surface area contributed by atoms with Crippen LogP contribution in [-0.4, -0.2) is 29.8 Å². The van der Waals surface area contributed by atoms with Crippen molar-refractivity contribution in [2.75, 3.05) is 6.61 Å². The third kappa shape index (κ3) is 4.11. The van der Waals surface area contributed by atoms with Crippen molar-refractivity contribution in [2.24, 2.45) is 17.8 Å². The fourth-order valence-corrected chi connectivity index (χ4v) is 3.74. The zero-order valence-electron chi connectivity index (χ0n) is 12.2. The summed E-state index contributed by atoms with van der Waals surface area (Å²) in [6.45, 7) is -0.0156. The SMILES string of the molecule is O=C(NC1CCCCC1CO)C1CCCCC1C(F)(F)F. The van der Waals surface area contributed by atoms with Gasteiger partial charge in [-0.3, -0.25) is 4.79 Å². The number of aliphatic hydroxyl groups is 1. The Balaban J connectivity index is 2.00. The van der Waals surface area contributed by atoms with Gasteiger partial charge in [-0.05, 0) is 25.7 Å². The molecule has 0 spiro atoms. The average Bonchev–Trinajstić information content (AvgIpc) is 2.47. The molecule has 122 valence electrons. The number of alkyl halides is 3. The topological polar surface area (TPSA) is 49.3 Å². The molecule has 2 aliphatic rings. The number of hydrogen-bond donors (Lipinski definition) is 2. The van der Waals surface area contributed by atoms with Crippen molar-refractivity contribution in [1.82, 2.24) is 5.32 Å². The molecule has 0 aromatic rings. The fourth-order valence-electron chi connectivity index (χ4n) is 3.74. The summed E-state index contributed by atoms with van der Waals surface area (Å²) in [5, 5.41) is 12.1. The summed E-state index contributed by atoms with van der Waals surface area (Å²) in [5.74, 6) is -2.96. The minimum atomic E-state index is -4.30. The van der Waals surface area contributed by atoms with Crippen LogP contribution in [0.4, 0.5) is 13.2 Å². The van der Waals surface area contributed by atoms with Crippen molar-refractivity contribution in [3.8, 4) is 0 Å². The molecule has 2 aliphatic carbocycles. The van der Waals surface area contributed by atoms with Gasteiger partial charge in [-0.25, -0.2) is 0 Å². The molecule has 3 nitrogen and oxygen atoms in total. The quantitative estimate of drug-likeness (QED) is 0.842. The van der Waals surface area contributed by atoms with Crippen molar-refractivity contribution >= 4 is 5.91 Å². The number of carbonyl (C=O) groups is 1. The lowest BCUT2D eigenvalue weighted by molar-refractivity contribution is -0.198. The van der Waals surface area contributed by atoms with E-state index in [1.54, 1.807) is 0 Å². The molecule has 4 atom stereocenters. The van der Waals surface area contributed by atoms with E-state index in [2.05, 4.69) is 5.32 Å². The van der Waals surface area contributed by atoms with Crippen LogP contribution in [0.15, 0.2) is 0 Å². The minimum absolute atomic E-state index is 0.0156. The zero-order valence-corrected chi connectivity index (χ0v) is 12.2. The second kappa shape index (κ2) is 6.99. The smallest absolute Gasteiger partial charge is 0.392 e. The lowest BCUT2D eigenvalue weighted by Gasteiger charge is -2.36. The van der Waals surface area contributed by atoms with Crippen LogP contribution in [0.1, 0.15) is 51.4 Å². The van der Waals surface area contributed by atoms with Gasteiger partial charge in [0.1, 0.15) is 0 Å². The number of amides is 1. The van der Waals surface area contributed by atoms with Crippen molar-refractivity contribution < 1.29 is 23.1 Å². The first-order chi connectivity index (χ1) is 9.93. The Morgan fingerprint density at radius 2 is 1.67 bits per heavy atom. The Bertz CT molecular complexity index is 359. The number of halogens is 3. The normalized spacial score (nSPS) is 34.5. The van der Waals surface area contributed by atoms with Gasteiger partial charge in [0.25, 0.3) is 0 Å². The van der Waals surface area contributed by atoms with Crippen LogP contribution < -0.4 is 5.32 Å². The molecule has 2 fully saturated rings. The third-order valence-corrected chi connectivity index (χ3v) is 4.99. The van der Waals surface area contributed by atoms with Gasteiger partial charge >= 0.3 is 6.18 Å². The average molecular weight is 307 g/mol. The Kier molecular flexibility index (Phi) is 5.52. The number of carbonyl (C=O) groups excluding carboxylic acids is 1. The maximum absolute atomic E-state index is 13.1. The minimum Gasteiger partial charge on any atom is -0.396 e. The largest absolute Gasteiger partial charge is 0.396 e. The Hall–Kier alpha value is -0.780. The predicted molar refractivity (Wildman–Crippen MR) is 72.5 cm³/mol. The highest BCUT2D eigenvalue weighted by atomic mass is 19.4. The fraction of sp³-hybridized carbons (Fsp3) is 0.933. The van der Waals surface area contributed by atoms with Crippen LogP contribution in [0.5, 0.6) is 0 Å². The van der Waals surface area contributed by atoms with E-state index in [0.717, 1.165) is 25.7 Å². The van der Waals surface area contributed by atoms with Crippen LogP contribution in [0.25, 0.3) is 0 Å². The Morgan fingerprint density at radius 3 is 2.33 bits per heavy atom. The molecule has 0 radical (unpaired) electrons. The van der Waals surface area contributed by atoms with Crippen molar-refractivity contribution in [3.05, 3.63) is 0 Å². The van der Waals surface area contributed by atoms with E-state index in [1.807, 2.05) is 0 Å². The lowest BCUT2D eigenvalue weighted by atomic mass is 9.77. The lowest BCUT2D eigenvalue weighted by Crippen LogP contribution is -2.49. The summed E-state index contributed by atoms with van der Waals surface area (Å²) in [5.41, 5.74) is 0. The first-order valence-corrected chi connectivity index (χ1v) is 7.91. The van der Waals surface area contributed by atoms with Crippen molar-refractivity contribution in [1.29, 1.82) is 0 Å². The highest BCUT2D eigenvalue weighted by Crippen LogP contribution is 2.41. The van der Waals surface area contributed by atoms with Gasteiger partial charge in [0.15, 0.2) is 0 Å². The first kappa shape index (κ1) is 16.6. The van der Waals surface area contributed by atoms with Gasteiger partial charge in [-0.1, -0.05) is 25.7 Å². The van der Waals surface area contributed by atoms with Gasteiger partial charge in [0.2, 0.25) is 5.91 Å². The molecule has 0 saturated heterocycles. The van der Waals surface area contributed by atoms with E-state index < -0.39 is 23.9 Å². The molecule has 0 aromatic carbocycles. The molecule has 4 unspecified atom stereocenters. The summed E-state index contributed by atoms with van der Waals surface area (Å²) < 4.78 is 39.2. The van der Waals surface area contributed by atoms with E-state index in [-0.39, 0.29) is 25.0 Å². The maximum Gasteiger partial charge on any atom is 0.392 e. The second-order valence-corrected chi connectivity index (χ2v) is 6.38. The first-order valence-electron chi connectivity index (χ1n) is 7.91. The van der Waals surface area contributed by atoms with Gasteiger partial charge < -0.3 is 10.4 Å². The van der Waals surface area contributed by atoms with Crippen LogP contribution >= 0.6 is 0 Å². The standard InChI is InChI=1S/C15H24F3NO2/c16-15(17,18)12-7-3-2-6-11(12)14(21)19-13-8-4-1-5-10(13)9-20/h10-13,20H,1-9H2,(H,19,21). The molecule has 21 heavy (non-hydrogen) atoms. The van der Waals surface area contributed by atoms with Gasteiger partial charge in [-0.15, -0.1) is 0 Å². The summed E-state index contributed by atoms with van der Waals surface area (Å²) in [6, 6.07) is -0.174. The summed E-state index contributed by atoms with van der Waals surface area (Å²) >= 11 is 0. The second-order valence-electron chi connectivity index (χ2n) is 6.38. The van der Waals surface area contributed by atoms with Crippen molar-refractivity contribution in [2.45, 2.75) is 63.6 Å². The summed E-state index contributed by atoms with van der Waals surface area (Å²) in [7, 11) is 0. The van der Waals surface area contributed by atoms with Gasteiger partial charge in [0, 0.05) is 24.5 Å². The predicted octanol–water partition coefficient (Wildman–Crippen LogP) is 3.02. The molecular weight excluding hydrogens is 283 g/mol. The maximum atomic E-state index is 13.1. The number of nitrogens with one attached hydrogen (secondary N) is 1. The molecule has 2 saturated carbocycles. The van der Waals surface area contributed by atoms with Crippen molar-refractivity contribution in [3.63, 3.8) is 0 Å². The molecular formula is C15H24F3NO2. The summed E-state index contributed by atoms with van der Waals surface area (Å²) in [4.78, 5) is 12.3. The molecule has 1 amide bonds. The van der Waals surface area contributed by atoms with Crippen LogP contribution in [0.2, 0.25) is 0 Å². The Labute approximate surface area is 123 Å². The molecule has 0 aliphatic heterocycles. The highest BCUT2D eigenvalue weighted by Gasteiger charge is 2.48. The number of rotatable bonds is 3. The molecule has 0 aromatic heterocycles. The van der Waals surface area contributed by atoms with E-state index >= 15 is 0 Å². The summed E-state index contributed by atoms with van der Waals surface area (Å²) in [6.07, 6.45) is 0.819. The zero-order chi connectivity index (χ0) is 15.5. The number of aliphatic hydroxyl groups excluding tert-OH is 1. The van der Waals surface area contributed by atoms with Crippen LogP contribution in [-0.2, 0) is 4.79 Å².